The monoisotopic (exact) mass is 260 g/mol. The number of halogens is 1. The highest BCUT2D eigenvalue weighted by molar-refractivity contribution is 5.85. The molecule has 3 aromatic rings. The van der Waals surface area contributed by atoms with Gasteiger partial charge in [-0.25, -0.2) is 9.67 Å². The molecule has 2 aromatic heterocycles. The Morgan fingerprint density at radius 3 is 2.61 bits per heavy atom. The molecular formula is C13H13ClN4. The number of pyridine rings is 1. The molecule has 0 amide bonds. The number of para-hydroxylation sites is 1. The maximum atomic E-state index is 5.74. The minimum Gasteiger partial charge on any atom is -0.397 e. The van der Waals surface area contributed by atoms with Crippen molar-refractivity contribution in [2.75, 3.05) is 5.73 Å². The zero-order chi connectivity index (χ0) is 11.8. The van der Waals surface area contributed by atoms with E-state index in [2.05, 4.69) is 10.1 Å². The van der Waals surface area contributed by atoms with Crippen molar-refractivity contribution in [2.24, 2.45) is 0 Å². The predicted octanol–water partition coefficient (Wildman–Crippen LogP) is 2.73. The van der Waals surface area contributed by atoms with Crippen molar-refractivity contribution in [3.8, 4) is 5.69 Å². The third-order valence-corrected chi connectivity index (χ3v) is 2.73. The normalized spacial score (nSPS) is 10.3. The number of hydrogen-bond acceptors (Lipinski definition) is 3. The van der Waals surface area contributed by atoms with Crippen LogP contribution in [0.3, 0.4) is 0 Å². The highest BCUT2D eigenvalue weighted by Gasteiger charge is 2.09. The van der Waals surface area contributed by atoms with Crippen LogP contribution in [0.15, 0.2) is 42.6 Å². The number of hydrogen-bond donors (Lipinski definition) is 1. The summed E-state index contributed by atoms with van der Waals surface area (Å²) in [6.45, 7) is 1.96. The van der Waals surface area contributed by atoms with Gasteiger partial charge in [-0.3, -0.25) is 0 Å². The van der Waals surface area contributed by atoms with Crippen LogP contribution in [-0.2, 0) is 0 Å². The predicted molar refractivity (Wildman–Crippen MR) is 75.3 cm³/mol. The van der Waals surface area contributed by atoms with Crippen molar-refractivity contribution >= 4 is 29.1 Å². The summed E-state index contributed by atoms with van der Waals surface area (Å²) < 4.78 is 1.84. The minimum atomic E-state index is 0. The van der Waals surface area contributed by atoms with Crippen molar-refractivity contribution in [2.45, 2.75) is 6.92 Å². The highest BCUT2D eigenvalue weighted by atomic mass is 35.5. The molecule has 2 heterocycles. The van der Waals surface area contributed by atoms with E-state index in [4.69, 9.17) is 5.73 Å². The summed E-state index contributed by atoms with van der Waals surface area (Å²) in [5.74, 6) is 0. The van der Waals surface area contributed by atoms with E-state index >= 15 is 0 Å². The van der Waals surface area contributed by atoms with Gasteiger partial charge >= 0.3 is 0 Å². The second-order valence-electron chi connectivity index (χ2n) is 3.97. The standard InChI is InChI=1S/C13H12N4.ClH/c1-9-12-7-10(14)8-15-13(12)17(16-9)11-5-3-2-4-6-11;/h2-8H,14H2,1H3;1H. The maximum Gasteiger partial charge on any atom is 0.163 e. The Hall–Kier alpha value is -2.07. The molecule has 0 atom stereocenters. The molecule has 0 bridgehead atoms. The fourth-order valence-corrected chi connectivity index (χ4v) is 1.91. The molecule has 5 heteroatoms. The lowest BCUT2D eigenvalue weighted by molar-refractivity contribution is 0.878. The van der Waals surface area contributed by atoms with Crippen molar-refractivity contribution < 1.29 is 0 Å². The van der Waals surface area contributed by atoms with Crippen LogP contribution in [-0.4, -0.2) is 14.8 Å². The Bertz CT molecular complexity index is 676. The molecule has 4 nitrogen and oxygen atoms in total. The SMILES string of the molecule is Cc1nn(-c2ccccc2)c2ncc(N)cc12.Cl. The summed E-state index contributed by atoms with van der Waals surface area (Å²) in [5.41, 5.74) is 9.17. The molecule has 3 rings (SSSR count). The van der Waals surface area contributed by atoms with Gasteiger partial charge < -0.3 is 5.73 Å². The molecule has 0 aliphatic rings. The van der Waals surface area contributed by atoms with Gasteiger partial charge in [-0.1, -0.05) is 18.2 Å². The number of nitrogen functional groups attached to an aromatic ring is 1. The van der Waals surface area contributed by atoms with E-state index in [0.29, 0.717) is 5.69 Å². The van der Waals surface area contributed by atoms with E-state index in [-0.39, 0.29) is 12.4 Å². The Labute approximate surface area is 111 Å². The Kier molecular flexibility index (Phi) is 3.21. The van der Waals surface area contributed by atoms with E-state index in [1.54, 1.807) is 6.20 Å². The summed E-state index contributed by atoms with van der Waals surface area (Å²) in [4.78, 5) is 4.35. The van der Waals surface area contributed by atoms with Crippen LogP contribution >= 0.6 is 12.4 Å². The number of anilines is 1. The third kappa shape index (κ3) is 1.91. The summed E-state index contributed by atoms with van der Waals surface area (Å²) in [5, 5.41) is 5.49. The zero-order valence-electron chi connectivity index (χ0n) is 9.87. The number of nitrogens with zero attached hydrogens (tertiary/aromatic N) is 3. The average molecular weight is 261 g/mol. The first-order valence-electron chi connectivity index (χ1n) is 5.42. The van der Waals surface area contributed by atoms with Gasteiger partial charge in [0.15, 0.2) is 5.65 Å². The van der Waals surface area contributed by atoms with Crippen molar-refractivity contribution in [3.05, 3.63) is 48.3 Å². The number of aryl methyl sites for hydroxylation is 1. The minimum absolute atomic E-state index is 0. The second-order valence-corrected chi connectivity index (χ2v) is 3.97. The zero-order valence-corrected chi connectivity index (χ0v) is 10.7. The molecule has 0 aliphatic carbocycles. The van der Waals surface area contributed by atoms with E-state index in [0.717, 1.165) is 22.4 Å². The fourth-order valence-electron chi connectivity index (χ4n) is 1.91. The molecule has 0 unspecified atom stereocenters. The van der Waals surface area contributed by atoms with Crippen LogP contribution in [0.25, 0.3) is 16.7 Å². The Balaban J connectivity index is 0.00000120. The lowest BCUT2D eigenvalue weighted by Gasteiger charge is -2.01. The molecule has 18 heavy (non-hydrogen) atoms. The van der Waals surface area contributed by atoms with Crippen molar-refractivity contribution in [3.63, 3.8) is 0 Å². The van der Waals surface area contributed by atoms with Crippen LogP contribution < -0.4 is 5.73 Å². The van der Waals surface area contributed by atoms with E-state index in [9.17, 15) is 0 Å². The van der Waals surface area contributed by atoms with Crippen LogP contribution in [0.5, 0.6) is 0 Å². The maximum absolute atomic E-state index is 5.74. The summed E-state index contributed by atoms with van der Waals surface area (Å²) in [7, 11) is 0. The highest BCUT2D eigenvalue weighted by Crippen LogP contribution is 2.21. The van der Waals surface area contributed by atoms with Gasteiger partial charge in [0, 0.05) is 5.39 Å². The smallest absolute Gasteiger partial charge is 0.163 e. The fraction of sp³-hybridized carbons (Fsp3) is 0.0769. The Morgan fingerprint density at radius 1 is 1.17 bits per heavy atom. The first kappa shape index (κ1) is 12.4. The first-order valence-corrected chi connectivity index (χ1v) is 5.42. The van der Waals surface area contributed by atoms with Crippen molar-refractivity contribution in [1.29, 1.82) is 0 Å². The third-order valence-electron chi connectivity index (χ3n) is 2.73. The molecule has 0 radical (unpaired) electrons. The number of rotatable bonds is 1. The number of fused-ring (bicyclic) bond motifs is 1. The lowest BCUT2D eigenvalue weighted by Crippen LogP contribution is -1.97. The Morgan fingerprint density at radius 2 is 1.89 bits per heavy atom. The van der Waals surface area contributed by atoms with Crippen LogP contribution in [0.1, 0.15) is 5.69 Å². The summed E-state index contributed by atoms with van der Waals surface area (Å²) >= 11 is 0. The van der Waals surface area contributed by atoms with Crippen LogP contribution in [0.2, 0.25) is 0 Å². The molecular weight excluding hydrogens is 248 g/mol. The molecule has 0 fully saturated rings. The topological polar surface area (TPSA) is 56.7 Å². The molecule has 0 aliphatic heterocycles. The van der Waals surface area contributed by atoms with E-state index in [1.807, 2.05) is 48.0 Å². The molecule has 92 valence electrons. The average Bonchev–Trinajstić information content (AvgIpc) is 2.68. The van der Waals surface area contributed by atoms with Gasteiger partial charge in [-0.05, 0) is 25.1 Å². The van der Waals surface area contributed by atoms with Gasteiger partial charge in [0.25, 0.3) is 0 Å². The molecule has 0 spiro atoms. The van der Waals surface area contributed by atoms with Crippen LogP contribution in [0, 0.1) is 6.92 Å². The molecule has 0 saturated carbocycles. The number of aromatic nitrogens is 3. The van der Waals surface area contributed by atoms with Gasteiger partial charge in [-0.2, -0.15) is 5.10 Å². The van der Waals surface area contributed by atoms with Crippen molar-refractivity contribution in [1.82, 2.24) is 14.8 Å². The largest absolute Gasteiger partial charge is 0.397 e. The van der Waals surface area contributed by atoms with E-state index < -0.39 is 0 Å². The lowest BCUT2D eigenvalue weighted by atomic mass is 10.2. The molecule has 1 aromatic carbocycles. The summed E-state index contributed by atoms with van der Waals surface area (Å²) in [6, 6.07) is 11.9. The van der Waals surface area contributed by atoms with Crippen LogP contribution in [0.4, 0.5) is 5.69 Å². The van der Waals surface area contributed by atoms with E-state index in [1.165, 1.54) is 0 Å². The quantitative estimate of drug-likeness (QED) is 0.732. The molecule has 2 N–H and O–H groups in total. The second kappa shape index (κ2) is 4.66. The summed E-state index contributed by atoms with van der Waals surface area (Å²) in [6.07, 6.45) is 1.66. The van der Waals surface area contributed by atoms with Gasteiger partial charge in [0.1, 0.15) is 0 Å². The first-order chi connectivity index (χ1) is 8.25. The number of nitrogens with two attached hydrogens (primary N) is 1. The van der Waals surface area contributed by atoms with Gasteiger partial charge in [0.05, 0.1) is 23.3 Å². The molecule has 0 saturated heterocycles. The van der Waals surface area contributed by atoms with Gasteiger partial charge in [-0.15, -0.1) is 12.4 Å². The van der Waals surface area contributed by atoms with Gasteiger partial charge in [0.2, 0.25) is 0 Å². The number of benzene rings is 1.